The van der Waals surface area contributed by atoms with Gasteiger partial charge in [0.25, 0.3) is 5.91 Å². The summed E-state index contributed by atoms with van der Waals surface area (Å²) in [6.07, 6.45) is 1.75. The molecule has 0 aliphatic heterocycles. The maximum absolute atomic E-state index is 13.0. The molecule has 0 unspecified atom stereocenters. The van der Waals surface area contributed by atoms with E-state index in [0.29, 0.717) is 22.7 Å². The first-order chi connectivity index (χ1) is 16.0. The third-order valence-electron chi connectivity index (χ3n) is 5.05. The summed E-state index contributed by atoms with van der Waals surface area (Å²) in [5.41, 5.74) is 3.39. The zero-order chi connectivity index (χ0) is 23.2. The van der Waals surface area contributed by atoms with Crippen LogP contribution in [0.5, 0.6) is 5.75 Å². The number of carbonyl (C=O) groups excluding carboxylic acids is 2. The van der Waals surface area contributed by atoms with E-state index in [-0.39, 0.29) is 11.8 Å². The fraction of sp³-hybridized carbons (Fsp3) is 0.0741. The van der Waals surface area contributed by atoms with Crippen LogP contribution < -0.4 is 15.4 Å². The number of amides is 2. The molecular weight excluding hydrogens is 414 g/mol. The summed E-state index contributed by atoms with van der Waals surface area (Å²) in [5.74, 6) is 0.233. The van der Waals surface area contributed by atoms with Crippen LogP contribution in [0.4, 0.5) is 17.1 Å². The zero-order valence-electron chi connectivity index (χ0n) is 18.3. The molecule has 0 bridgehead atoms. The Balaban J connectivity index is 1.65. The van der Waals surface area contributed by atoms with Crippen LogP contribution in [0.25, 0.3) is 10.8 Å². The Hall–Kier alpha value is -4.45. The number of fused-ring (bicyclic) bond motifs is 1. The van der Waals surface area contributed by atoms with E-state index in [9.17, 15) is 9.59 Å². The van der Waals surface area contributed by atoms with E-state index in [1.54, 1.807) is 37.6 Å². The normalized spacial score (nSPS) is 10.8. The second kappa shape index (κ2) is 9.78. The van der Waals surface area contributed by atoms with Gasteiger partial charge in [0.1, 0.15) is 5.75 Å². The third kappa shape index (κ3) is 5.25. The third-order valence-corrected chi connectivity index (χ3v) is 5.05. The summed E-state index contributed by atoms with van der Waals surface area (Å²) < 4.78 is 5.33. The van der Waals surface area contributed by atoms with E-state index >= 15 is 0 Å². The first kappa shape index (κ1) is 21.8. The van der Waals surface area contributed by atoms with Crippen LogP contribution >= 0.6 is 0 Å². The highest BCUT2D eigenvalue weighted by Gasteiger charge is 2.12. The predicted octanol–water partition coefficient (Wildman–Crippen LogP) is 5.81. The minimum atomic E-state index is -0.237. The zero-order valence-corrected chi connectivity index (χ0v) is 18.3. The van der Waals surface area contributed by atoms with Crippen LogP contribution in [-0.4, -0.2) is 25.1 Å². The van der Waals surface area contributed by atoms with Gasteiger partial charge in [-0.15, -0.1) is 0 Å². The molecule has 0 atom stereocenters. The molecule has 2 amide bonds. The van der Waals surface area contributed by atoms with E-state index < -0.39 is 0 Å². The Bertz CT molecular complexity index is 1340. The molecule has 0 saturated carbocycles. The van der Waals surface area contributed by atoms with Gasteiger partial charge >= 0.3 is 0 Å². The lowest BCUT2D eigenvalue weighted by Crippen LogP contribution is -2.13. The quantitative estimate of drug-likeness (QED) is 0.374. The van der Waals surface area contributed by atoms with Crippen molar-refractivity contribution in [2.24, 2.45) is 4.99 Å². The summed E-state index contributed by atoms with van der Waals surface area (Å²) in [6, 6.07) is 26.1. The first-order valence-corrected chi connectivity index (χ1v) is 10.4. The van der Waals surface area contributed by atoms with Crippen molar-refractivity contribution in [3.8, 4) is 5.75 Å². The van der Waals surface area contributed by atoms with Gasteiger partial charge < -0.3 is 15.4 Å². The molecule has 4 aromatic rings. The summed E-state index contributed by atoms with van der Waals surface area (Å²) in [6.45, 7) is 1.47. The average molecular weight is 437 g/mol. The van der Waals surface area contributed by atoms with E-state index in [1.807, 2.05) is 60.7 Å². The topological polar surface area (TPSA) is 79.8 Å². The Labute approximate surface area is 191 Å². The number of para-hydroxylation sites is 2. The van der Waals surface area contributed by atoms with Gasteiger partial charge in [-0.25, -0.2) is 0 Å². The molecule has 0 heterocycles. The lowest BCUT2D eigenvalue weighted by atomic mass is 10.0. The molecule has 0 aliphatic rings. The van der Waals surface area contributed by atoms with Gasteiger partial charge in [0.2, 0.25) is 5.91 Å². The number of methoxy groups -OCH3 is 1. The molecule has 0 fully saturated rings. The number of benzene rings is 4. The fourth-order valence-electron chi connectivity index (χ4n) is 3.50. The van der Waals surface area contributed by atoms with E-state index in [0.717, 1.165) is 22.0 Å². The van der Waals surface area contributed by atoms with E-state index in [2.05, 4.69) is 15.6 Å². The Kier molecular flexibility index (Phi) is 6.45. The molecule has 0 spiro atoms. The number of aliphatic imine (C=N–C) groups is 1. The molecule has 6 nitrogen and oxygen atoms in total. The lowest BCUT2D eigenvalue weighted by Gasteiger charge is -2.11. The Morgan fingerprint density at radius 3 is 2.36 bits per heavy atom. The van der Waals surface area contributed by atoms with Gasteiger partial charge in [0.15, 0.2) is 0 Å². The smallest absolute Gasteiger partial charge is 0.255 e. The van der Waals surface area contributed by atoms with Gasteiger partial charge in [-0.1, -0.05) is 36.4 Å². The van der Waals surface area contributed by atoms with Crippen molar-refractivity contribution in [3.05, 3.63) is 96.1 Å². The Morgan fingerprint density at radius 2 is 1.61 bits per heavy atom. The van der Waals surface area contributed by atoms with Crippen LogP contribution in [0.15, 0.2) is 89.9 Å². The molecule has 4 aromatic carbocycles. The van der Waals surface area contributed by atoms with Gasteiger partial charge in [0.05, 0.1) is 18.5 Å². The minimum Gasteiger partial charge on any atom is -0.495 e. The average Bonchev–Trinajstić information content (AvgIpc) is 2.83. The highest BCUT2D eigenvalue weighted by Crippen LogP contribution is 2.26. The van der Waals surface area contributed by atoms with Crippen molar-refractivity contribution in [2.75, 3.05) is 17.7 Å². The molecule has 0 radical (unpaired) electrons. The maximum Gasteiger partial charge on any atom is 0.255 e. The van der Waals surface area contributed by atoms with Crippen LogP contribution in [-0.2, 0) is 4.79 Å². The molecule has 164 valence electrons. The molecule has 0 saturated heterocycles. The Morgan fingerprint density at radius 1 is 0.879 bits per heavy atom. The lowest BCUT2D eigenvalue weighted by molar-refractivity contribution is -0.114. The van der Waals surface area contributed by atoms with Crippen LogP contribution in [0.2, 0.25) is 0 Å². The van der Waals surface area contributed by atoms with Gasteiger partial charge in [-0.2, -0.15) is 0 Å². The molecule has 0 aliphatic carbocycles. The van der Waals surface area contributed by atoms with Crippen LogP contribution in [0, 0.1) is 0 Å². The van der Waals surface area contributed by atoms with Crippen molar-refractivity contribution in [1.29, 1.82) is 0 Å². The number of nitrogens with one attached hydrogen (secondary N) is 2. The number of rotatable bonds is 6. The summed E-state index contributed by atoms with van der Waals surface area (Å²) >= 11 is 0. The minimum absolute atomic E-state index is 0.124. The van der Waals surface area contributed by atoms with Crippen LogP contribution in [0.1, 0.15) is 22.8 Å². The highest BCUT2D eigenvalue weighted by molar-refractivity contribution is 6.10. The summed E-state index contributed by atoms with van der Waals surface area (Å²) in [7, 11) is 1.57. The van der Waals surface area contributed by atoms with Crippen molar-refractivity contribution >= 4 is 45.9 Å². The number of ether oxygens (including phenoxy) is 1. The highest BCUT2D eigenvalue weighted by atomic mass is 16.5. The number of carbonyl (C=O) groups is 2. The maximum atomic E-state index is 13.0. The van der Waals surface area contributed by atoms with Crippen LogP contribution in [0.3, 0.4) is 0 Å². The molecule has 2 N–H and O–H groups in total. The van der Waals surface area contributed by atoms with Crippen molar-refractivity contribution in [1.82, 2.24) is 0 Å². The molecule has 33 heavy (non-hydrogen) atoms. The summed E-state index contributed by atoms with van der Waals surface area (Å²) in [5, 5.41) is 7.58. The molecule has 0 aromatic heterocycles. The second-order valence-electron chi connectivity index (χ2n) is 7.43. The van der Waals surface area contributed by atoms with Crippen molar-refractivity contribution in [3.63, 3.8) is 0 Å². The molecule has 4 rings (SSSR count). The van der Waals surface area contributed by atoms with Crippen molar-refractivity contribution < 1.29 is 14.3 Å². The van der Waals surface area contributed by atoms with Gasteiger partial charge in [0, 0.05) is 30.0 Å². The van der Waals surface area contributed by atoms with Gasteiger partial charge in [-0.05, 0) is 59.3 Å². The number of hydrogen-bond acceptors (Lipinski definition) is 4. The first-order valence-electron chi connectivity index (χ1n) is 10.4. The predicted molar refractivity (Wildman–Crippen MR) is 133 cm³/mol. The molecular formula is C27H23N3O3. The van der Waals surface area contributed by atoms with Gasteiger partial charge in [-0.3, -0.25) is 14.6 Å². The fourth-order valence-corrected chi connectivity index (χ4v) is 3.50. The number of anilines is 2. The second-order valence-corrected chi connectivity index (χ2v) is 7.43. The SMILES string of the molecule is COc1ccccc1NC(=O)c1cc(C=Nc2ccc(NC(C)=O)cc2)c2ccccc2c1. The number of hydrogen-bond donors (Lipinski definition) is 2. The summed E-state index contributed by atoms with van der Waals surface area (Å²) in [4.78, 5) is 28.8. The standard InChI is InChI=1S/C27H23N3O3/c1-18(31)29-23-13-11-22(12-14-23)28-17-21-16-20(15-19-7-3-4-8-24(19)21)27(32)30-25-9-5-6-10-26(25)33-2/h3-17H,1-2H3,(H,29,31)(H,30,32). The largest absolute Gasteiger partial charge is 0.495 e. The van der Waals surface area contributed by atoms with E-state index in [4.69, 9.17) is 4.74 Å². The number of nitrogens with zero attached hydrogens (tertiary/aromatic N) is 1. The van der Waals surface area contributed by atoms with Crippen molar-refractivity contribution in [2.45, 2.75) is 6.92 Å². The molecule has 6 heteroatoms. The monoisotopic (exact) mass is 437 g/mol. The van der Waals surface area contributed by atoms with E-state index in [1.165, 1.54) is 6.92 Å².